The Bertz CT molecular complexity index is 1150. The fourth-order valence-corrected chi connectivity index (χ4v) is 6.37. The number of fused-ring (bicyclic) bond motifs is 1. The third kappa shape index (κ3) is 7.73. The maximum atomic E-state index is 13.5. The summed E-state index contributed by atoms with van der Waals surface area (Å²) in [6.45, 7) is 9.12. The molecule has 3 heterocycles. The maximum Gasteiger partial charge on any atom is 0.475 e. The van der Waals surface area contributed by atoms with Crippen molar-refractivity contribution in [3.63, 3.8) is 0 Å². The van der Waals surface area contributed by atoms with Crippen LogP contribution >= 0.6 is 0 Å². The molecular formula is C29H42BN5O7. The number of alkyl carbamates (subject to hydrolysis) is 1. The molecule has 0 bridgehead atoms. The molecule has 1 aromatic rings. The number of rotatable bonds is 10. The van der Waals surface area contributed by atoms with Crippen LogP contribution in [0.3, 0.4) is 0 Å². The van der Waals surface area contributed by atoms with Crippen LogP contribution in [0.15, 0.2) is 30.3 Å². The molecule has 5 atom stereocenters. The van der Waals surface area contributed by atoms with Crippen LogP contribution < -0.4 is 5.32 Å². The molecule has 3 N–H and O–H groups in total. The number of likely N-dealkylation sites (tertiary alicyclic amines) is 1. The Morgan fingerprint density at radius 1 is 1.21 bits per heavy atom. The van der Waals surface area contributed by atoms with Gasteiger partial charge >= 0.3 is 19.3 Å². The fraction of sp³-hybridized carbons (Fsp3) is 0.655. The molecule has 0 aromatic heterocycles. The van der Waals surface area contributed by atoms with E-state index in [9.17, 15) is 29.7 Å². The Morgan fingerprint density at radius 2 is 1.95 bits per heavy atom. The molecule has 3 fully saturated rings. The number of hydrogen-bond donors (Lipinski definition) is 3. The van der Waals surface area contributed by atoms with Crippen LogP contribution in [-0.4, -0.2) is 113 Å². The molecule has 1 aromatic carbocycles. The van der Waals surface area contributed by atoms with Crippen molar-refractivity contribution in [1.82, 2.24) is 20.0 Å². The smallest absolute Gasteiger partial charge is 0.447 e. The van der Waals surface area contributed by atoms with Crippen LogP contribution in [0.5, 0.6) is 0 Å². The standard InChI is InChI=1S/C29H42BN5O7/c1-20(15-29(2,3)34-12-13-35-22(17-34)19-41-28(35)38)24(16-31)26(36)33-11-7-10-23(18-33)42-27(37)32-25(30(39)40)14-21-8-5-4-6-9-21/h4-6,8-9,20,22-25,39-40H,7,10-15,17-19H2,1-3H3,(H,32,37)/t20?,22-,23-,24?,25-/m0/s1. The van der Waals surface area contributed by atoms with Crippen LogP contribution in [0.1, 0.15) is 45.6 Å². The van der Waals surface area contributed by atoms with E-state index in [2.05, 4.69) is 30.1 Å². The van der Waals surface area contributed by atoms with Crippen molar-refractivity contribution in [2.24, 2.45) is 11.8 Å². The van der Waals surface area contributed by atoms with E-state index >= 15 is 0 Å². The van der Waals surface area contributed by atoms with Gasteiger partial charge in [0, 0.05) is 31.7 Å². The zero-order chi connectivity index (χ0) is 30.4. The topological polar surface area (TPSA) is 156 Å². The lowest BCUT2D eigenvalue weighted by molar-refractivity contribution is -0.138. The minimum absolute atomic E-state index is 0.0194. The van der Waals surface area contributed by atoms with Crippen molar-refractivity contribution in [3.8, 4) is 6.07 Å². The van der Waals surface area contributed by atoms with E-state index in [0.29, 0.717) is 52.0 Å². The van der Waals surface area contributed by atoms with E-state index in [-0.39, 0.29) is 42.5 Å². The highest BCUT2D eigenvalue weighted by Crippen LogP contribution is 2.32. The van der Waals surface area contributed by atoms with Gasteiger partial charge in [0.1, 0.15) is 18.6 Å². The summed E-state index contributed by atoms with van der Waals surface area (Å²) < 4.78 is 10.8. The second-order valence-corrected chi connectivity index (χ2v) is 12.3. The van der Waals surface area contributed by atoms with Gasteiger partial charge in [-0.3, -0.25) is 14.6 Å². The molecule has 3 amide bonds. The molecule has 0 spiro atoms. The number of carbonyl (C=O) groups excluding carboxylic acids is 3. The van der Waals surface area contributed by atoms with Gasteiger partial charge in [0.15, 0.2) is 0 Å². The maximum absolute atomic E-state index is 13.5. The molecule has 3 aliphatic rings. The SMILES string of the molecule is CC(CC(C)(C)N1CCN2C(=O)OC[C@@H]2C1)C(C#N)C(=O)N1CCC[C@H](OC(=O)N[C@@H](Cc2ccccc2)B(O)O)C1. The number of benzene rings is 1. The molecule has 3 aliphatic heterocycles. The van der Waals surface area contributed by atoms with Crippen molar-refractivity contribution in [3.05, 3.63) is 35.9 Å². The fourth-order valence-electron chi connectivity index (χ4n) is 6.37. The Labute approximate surface area is 247 Å². The summed E-state index contributed by atoms with van der Waals surface area (Å²) in [5.41, 5.74) is 0.529. The number of nitrogens with zero attached hydrogens (tertiary/aromatic N) is 4. The molecular weight excluding hydrogens is 541 g/mol. The molecule has 0 aliphatic carbocycles. The summed E-state index contributed by atoms with van der Waals surface area (Å²) in [6.07, 6.45) is 0.370. The number of carbonyl (C=O) groups is 3. The van der Waals surface area contributed by atoms with Crippen molar-refractivity contribution in [2.45, 2.75) is 70.1 Å². The Kier molecular flexibility index (Phi) is 10.4. The molecule has 0 saturated carbocycles. The summed E-state index contributed by atoms with van der Waals surface area (Å²) in [5.74, 6) is -2.32. The predicted molar refractivity (Wildman–Crippen MR) is 154 cm³/mol. The number of nitrogens with one attached hydrogen (secondary N) is 1. The molecule has 4 rings (SSSR count). The average Bonchev–Trinajstić information content (AvgIpc) is 3.33. The van der Waals surface area contributed by atoms with E-state index in [1.54, 1.807) is 9.80 Å². The summed E-state index contributed by atoms with van der Waals surface area (Å²) in [7, 11) is -1.78. The minimum Gasteiger partial charge on any atom is -0.447 e. The van der Waals surface area contributed by atoms with E-state index in [1.807, 2.05) is 37.3 Å². The summed E-state index contributed by atoms with van der Waals surface area (Å²) >= 11 is 0. The quantitative estimate of drug-likeness (QED) is 0.347. The van der Waals surface area contributed by atoms with Gasteiger partial charge in [-0.15, -0.1) is 0 Å². The van der Waals surface area contributed by atoms with Gasteiger partial charge in [0.05, 0.1) is 24.6 Å². The number of piperidine rings is 1. The van der Waals surface area contributed by atoms with Gasteiger partial charge in [-0.25, -0.2) is 9.59 Å². The van der Waals surface area contributed by atoms with Crippen molar-refractivity contribution < 1.29 is 33.9 Å². The number of ether oxygens (including phenoxy) is 2. The molecule has 0 radical (unpaired) electrons. The largest absolute Gasteiger partial charge is 0.475 e. The first-order valence-corrected chi connectivity index (χ1v) is 14.7. The first-order chi connectivity index (χ1) is 20.0. The number of nitriles is 1. The van der Waals surface area contributed by atoms with Crippen molar-refractivity contribution >= 4 is 25.2 Å². The van der Waals surface area contributed by atoms with Crippen LogP contribution in [0, 0.1) is 23.2 Å². The van der Waals surface area contributed by atoms with Crippen LogP contribution in [0.2, 0.25) is 0 Å². The van der Waals surface area contributed by atoms with Gasteiger partial charge in [0.25, 0.3) is 0 Å². The molecule has 228 valence electrons. The third-order valence-electron chi connectivity index (χ3n) is 8.69. The predicted octanol–water partition coefficient (Wildman–Crippen LogP) is 1.41. The van der Waals surface area contributed by atoms with Gasteiger partial charge in [-0.05, 0) is 51.0 Å². The molecule has 42 heavy (non-hydrogen) atoms. The summed E-state index contributed by atoms with van der Waals surface area (Å²) in [5, 5.41) is 32.1. The Balaban J connectivity index is 1.30. The number of cyclic esters (lactones) is 1. The van der Waals surface area contributed by atoms with Crippen LogP contribution in [0.4, 0.5) is 9.59 Å². The lowest BCUT2D eigenvalue weighted by atomic mass is 9.76. The zero-order valence-electron chi connectivity index (χ0n) is 24.6. The number of piperazine rings is 1. The lowest BCUT2D eigenvalue weighted by Crippen LogP contribution is -2.59. The number of amides is 3. The van der Waals surface area contributed by atoms with Crippen LogP contribution in [0.25, 0.3) is 0 Å². The summed E-state index contributed by atoms with van der Waals surface area (Å²) in [6, 6.07) is 11.4. The molecule has 12 nitrogen and oxygen atoms in total. The molecule has 3 saturated heterocycles. The molecule has 13 heteroatoms. The van der Waals surface area contributed by atoms with Gasteiger partial charge < -0.3 is 29.7 Å². The second-order valence-electron chi connectivity index (χ2n) is 12.3. The molecule has 2 unspecified atom stereocenters. The van der Waals surface area contributed by atoms with Gasteiger partial charge in [-0.2, -0.15) is 5.26 Å². The zero-order valence-corrected chi connectivity index (χ0v) is 24.6. The van der Waals surface area contributed by atoms with Gasteiger partial charge in [-0.1, -0.05) is 37.3 Å². The summed E-state index contributed by atoms with van der Waals surface area (Å²) in [4.78, 5) is 43.7. The monoisotopic (exact) mass is 583 g/mol. The van der Waals surface area contributed by atoms with Crippen molar-refractivity contribution in [1.29, 1.82) is 5.26 Å². The van der Waals surface area contributed by atoms with Crippen molar-refractivity contribution in [2.75, 3.05) is 39.3 Å². The average molecular weight is 583 g/mol. The minimum atomic E-state index is -1.78. The Hall–Kier alpha value is -3.34. The normalized spacial score (nSPS) is 23.2. The van der Waals surface area contributed by atoms with E-state index in [4.69, 9.17) is 9.47 Å². The number of hydrogen-bond acceptors (Lipinski definition) is 9. The lowest BCUT2D eigenvalue weighted by Gasteiger charge is -2.46. The first kappa shape index (κ1) is 31.6. The van der Waals surface area contributed by atoms with Gasteiger partial charge in [0.2, 0.25) is 5.91 Å². The van der Waals surface area contributed by atoms with E-state index < -0.39 is 31.2 Å². The highest BCUT2D eigenvalue weighted by Gasteiger charge is 2.43. The van der Waals surface area contributed by atoms with Crippen LogP contribution in [-0.2, 0) is 20.7 Å². The second kappa shape index (κ2) is 13.8. The van der Waals surface area contributed by atoms with E-state index in [0.717, 1.165) is 5.56 Å². The third-order valence-corrected chi connectivity index (χ3v) is 8.69. The highest BCUT2D eigenvalue weighted by atomic mass is 16.6. The van der Waals surface area contributed by atoms with E-state index in [1.165, 1.54) is 0 Å². The first-order valence-electron chi connectivity index (χ1n) is 14.7. The Morgan fingerprint density at radius 3 is 2.64 bits per heavy atom. The highest BCUT2D eigenvalue weighted by molar-refractivity contribution is 6.43.